The summed E-state index contributed by atoms with van der Waals surface area (Å²) in [5, 5.41) is 11.9. The zero-order valence-corrected chi connectivity index (χ0v) is 13.5. The molecule has 0 heterocycles. The van der Waals surface area contributed by atoms with Gasteiger partial charge in [0, 0.05) is 17.9 Å². The molecule has 1 aromatic carbocycles. The lowest BCUT2D eigenvalue weighted by atomic mass is 9.84. The van der Waals surface area contributed by atoms with Gasteiger partial charge in [0.25, 0.3) is 0 Å². The lowest BCUT2D eigenvalue weighted by Gasteiger charge is -2.34. The number of hydrogen-bond acceptors (Lipinski definition) is 2. The predicted molar refractivity (Wildman–Crippen MR) is 87.6 cm³/mol. The van der Waals surface area contributed by atoms with Gasteiger partial charge in [-0.25, -0.2) is 0 Å². The van der Waals surface area contributed by atoms with Gasteiger partial charge >= 0.3 is 5.97 Å². The van der Waals surface area contributed by atoms with Crippen molar-refractivity contribution in [1.29, 1.82) is 0 Å². The van der Waals surface area contributed by atoms with Crippen molar-refractivity contribution in [1.82, 2.24) is 5.32 Å². The number of rotatable bonds is 8. The van der Waals surface area contributed by atoms with E-state index in [2.05, 4.69) is 11.9 Å². The average molecular weight is 303 g/mol. The van der Waals surface area contributed by atoms with Crippen LogP contribution in [-0.2, 0) is 9.59 Å². The van der Waals surface area contributed by atoms with Crippen molar-refractivity contribution < 1.29 is 14.7 Å². The molecule has 4 nitrogen and oxygen atoms in total. The summed E-state index contributed by atoms with van der Waals surface area (Å²) in [4.78, 5) is 23.4. The molecule has 0 bridgehead atoms. The van der Waals surface area contributed by atoms with Crippen LogP contribution in [0.15, 0.2) is 43.0 Å². The maximum absolute atomic E-state index is 12.3. The number of amides is 1. The van der Waals surface area contributed by atoms with Gasteiger partial charge in [0.1, 0.15) is 0 Å². The topological polar surface area (TPSA) is 66.4 Å². The van der Waals surface area contributed by atoms with Crippen LogP contribution in [0.4, 0.5) is 0 Å². The Morgan fingerprint density at radius 2 is 1.91 bits per heavy atom. The van der Waals surface area contributed by atoms with Crippen LogP contribution in [0, 0.1) is 5.92 Å². The monoisotopic (exact) mass is 303 g/mol. The van der Waals surface area contributed by atoms with Gasteiger partial charge in [-0.2, -0.15) is 0 Å². The summed E-state index contributed by atoms with van der Waals surface area (Å²) in [5.41, 5.74) is 0.267. The maximum atomic E-state index is 12.3. The van der Waals surface area contributed by atoms with Crippen LogP contribution in [0.2, 0.25) is 0 Å². The molecule has 4 heteroatoms. The quantitative estimate of drug-likeness (QED) is 0.724. The summed E-state index contributed by atoms with van der Waals surface area (Å²) in [6, 6.07) is 9.68. The van der Waals surface area contributed by atoms with Gasteiger partial charge < -0.3 is 10.4 Å². The molecule has 0 spiro atoms. The fraction of sp³-hybridized carbons (Fsp3) is 0.444. The Labute approximate surface area is 132 Å². The highest BCUT2D eigenvalue weighted by Gasteiger charge is 2.33. The van der Waals surface area contributed by atoms with Crippen molar-refractivity contribution in [3.05, 3.63) is 48.6 Å². The van der Waals surface area contributed by atoms with Gasteiger partial charge in [-0.05, 0) is 18.4 Å². The number of carboxylic acids is 1. The summed E-state index contributed by atoms with van der Waals surface area (Å²) in [6.45, 7) is 9.39. The van der Waals surface area contributed by atoms with Crippen molar-refractivity contribution in [3.63, 3.8) is 0 Å². The van der Waals surface area contributed by atoms with Crippen LogP contribution in [-0.4, -0.2) is 22.5 Å². The minimum absolute atomic E-state index is 0.0199. The molecular weight excluding hydrogens is 278 g/mol. The minimum Gasteiger partial charge on any atom is -0.481 e. The largest absolute Gasteiger partial charge is 0.481 e. The maximum Gasteiger partial charge on any atom is 0.305 e. The molecule has 120 valence electrons. The number of carboxylic acid groups (broad SMARTS) is 1. The van der Waals surface area contributed by atoms with E-state index >= 15 is 0 Å². The van der Waals surface area contributed by atoms with Gasteiger partial charge in [-0.1, -0.05) is 50.3 Å². The molecule has 0 fully saturated rings. The third-order valence-corrected chi connectivity index (χ3v) is 4.14. The van der Waals surface area contributed by atoms with E-state index in [1.165, 1.54) is 0 Å². The predicted octanol–water partition coefficient (Wildman–Crippen LogP) is 3.35. The van der Waals surface area contributed by atoms with Crippen LogP contribution in [0.25, 0.3) is 0 Å². The van der Waals surface area contributed by atoms with Crippen LogP contribution < -0.4 is 5.32 Å². The Kier molecular flexibility index (Phi) is 6.35. The zero-order valence-electron chi connectivity index (χ0n) is 13.5. The highest BCUT2D eigenvalue weighted by atomic mass is 16.4. The van der Waals surface area contributed by atoms with Crippen molar-refractivity contribution in [2.24, 2.45) is 5.92 Å². The third kappa shape index (κ3) is 5.02. The van der Waals surface area contributed by atoms with E-state index in [1.807, 2.05) is 44.2 Å². The lowest BCUT2D eigenvalue weighted by molar-refractivity contribution is -0.139. The van der Waals surface area contributed by atoms with E-state index in [4.69, 9.17) is 5.11 Å². The Bertz CT molecular complexity index is 524. The molecule has 1 aromatic rings. The second kappa shape index (κ2) is 7.78. The van der Waals surface area contributed by atoms with Crippen molar-refractivity contribution in [3.8, 4) is 0 Å². The minimum atomic E-state index is -0.917. The molecule has 2 unspecified atom stereocenters. The standard InChI is InChI=1S/C18H25NO3/c1-5-14(15-9-7-6-8-10-15)11-16(20)19-18(4,13(2)3)12-17(21)22/h5-10,13-14H,1,11-12H2,2-4H3,(H,19,20)(H,21,22). The van der Waals surface area contributed by atoms with Gasteiger partial charge in [0.05, 0.1) is 6.42 Å². The summed E-state index contributed by atoms with van der Waals surface area (Å²) >= 11 is 0. The van der Waals surface area contributed by atoms with Gasteiger partial charge in [-0.3, -0.25) is 9.59 Å². The second-order valence-electron chi connectivity index (χ2n) is 6.15. The first-order valence-corrected chi connectivity index (χ1v) is 7.49. The lowest BCUT2D eigenvalue weighted by Crippen LogP contribution is -2.51. The molecule has 22 heavy (non-hydrogen) atoms. The SMILES string of the molecule is C=CC(CC(=O)NC(C)(CC(=O)O)C(C)C)c1ccccc1. The Balaban J connectivity index is 2.78. The van der Waals surface area contributed by atoms with Crippen LogP contribution in [0.5, 0.6) is 0 Å². The summed E-state index contributed by atoms with van der Waals surface area (Å²) < 4.78 is 0. The smallest absolute Gasteiger partial charge is 0.305 e. The second-order valence-corrected chi connectivity index (χ2v) is 6.15. The number of aliphatic carboxylic acids is 1. The Morgan fingerprint density at radius 3 is 2.36 bits per heavy atom. The zero-order chi connectivity index (χ0) is 16.8. The first-order valence-electron chi connectivity index (χ1n) is 7.49. The van der Waals surface area contributed by atoms with E-state index in [-0.39, 0.29) is 30.6 Å². The van der Waals surface area contributed by atoms with E-state index in [1.54, 1.807) is 13.0 Å². The number of carbonyl (C=O) groups is 2. The highest BCUT2D eigenvalue weighted by Crippen LogP contribution is 2.24. The summed E-state index contributed by atoms with van der Waals surface area (Å²) in [5.74, 6) is -1.14. The molecule has 1 rings (SSSR count). The summed E-state index contributed by atoms with van der Waals surface area (Å²) in [7, 11) is 0. The van der Waals surface area contributed by atoms with Crippen LogP contribution in [0.3, 0.4) is 0 Å². The number of hydrogen-bond donors (Lipinski definition) is 2. The van der Waals surface area contributed by atoms with Gasteiger partial charge in [-0.15, -0.1) is 6.58 Å². The van der Waals surface area contributed by atoms with E-state index in [9.17, 15) is 9.59 Å². The molecule has 0 radical (unpaired) electrons. The first kappa shape index (κ1) is 18.0. The van der Waals surface area contributed by atoms with Crippen LogP contribution >= 0.6 is 0 Å². The molecule has 0 aliphatic carbocycles. The Hall–Kier alpha value is -2.10. The van der Waals surface area contributed by atoms with E-state index < -0.39 is 11.5 Å². The molecule has 0 saturated heterocycles. The normalized spacial score (nSPS) is 14.9. The first-order chi connectivity index (χ1) is 10.3. The molecule has 0 aliphatic rings. The third-order valence-electron chi connectivity index (χ3n) is 4.14. The summed E-state index contributed by atoms with van der Waals surface area (Å²) in [6.07, 6.45) is 1.91. The number of allylic oxidation sites excluding steroid dienone is 1. The van der Waals surface area contributed by atoms with Crippen molar-refractivity contribution in [2.45, 2.75) is 45.1 Å². The fourth-order valence-electron chi connectivity index (χ4n) is 2.31. The molecule has 1 amide bonds. The van der Waals surface area contributed by atoms with Gasteiger partial charge in [0.15, 0.2) is 0 Å². The molecule has 0 aromatic heterocycles. The molecule has 2 N–H and O–H groups in total. The van der Waals surface area contributed by atoms with E-state index in [0.717, 1.165) is 5.56 Å². The van der Waals surface area contributed by atoms with Crippen molar-refractivity contribution >= 4 is 11.9 Å². The van der Waals surface area contributed by atoms with Gasteiger partial charge in [0.2, 0.25) is 5.91 Å². The number of benzene rings is 1. The average Bonchev–Trinajstić information content (AvgIpc) is 2.44. The molecule has 0 saturated carbocycles. The number of nitrogens with one attached hydrogen (secondary N) is 1. The number of carbonyl (C=O) groups excluding carboxylic acids is 1. The Morgan fingerprint density at radius 1 is 1.32 bits per heavy atom. The molecule has 2 atom stereocenters. The van der Waals surface area contributed by atoms with Crippen LogP contribution in [0.1, 0.15) is 45.1 Å². The molecular formula is C18H25NO3. The van der Waals surface area contributed by atoms with E-state index in [0.29, 0.717) is 0 Å². The molecule has 0 aliphatic heterocycles. The highest BCUT2D eigenvalue weighted by molar-refractivity contribution is 5.79. The fourth-order valence-corrected chi connectivity index (χ4v) is 2.31. The van der Waals surface area contributed by atoms with Crippen molar-refractivity contribution in [2.75, 3.05) is 0 Å².